The molecule has 0 fully saturated rings. The summed E-state index contributed by atoms with van der Waals surface area (Å²) in [4.78, 5) is 52.0. The molecule has 1 heterocycles. The van der Waals surface area contributed by atoms with Crippen LogP contribution in [0.15, 0.2) is 92.3 Å². The zero-order valence-corrected chi connectivity index (χ0v) is 30.3. The molecule has 0 spiro atoms. The quantitative estimate of drug-likeness (QED) is 0.0854. The van der Waals surface area contributed by atoms with Crippen LogP contribution in [0.4, 0.5) is 11.4 Å². The van der Waals surface area contributed by atoms with E-state index in [1.165, 1.54) is 24.3 Å². The Morgan fingerprint density at radius 1 is 0.796 bits per heavy atom. The van der Waals surface area contributed by atoms with Crippen molar-refractivity contribution in [3.63, 3.8) is 0 Å². The maximum Gasteiger partial charge on any atom is 0.344 e. The predicted octanol–water partition coefficient (Wildman–Crippen LogP) is 4.28. The van der Waals surface area contributed by atoms with Crippen molar-refractivity contribution in [3.05, 3.63) is 111 Å². The number of aryl methyl sites for hydroxylation is 1. The van der Waals surface area contributed by atoms with Crippen molar-refractivity contribution >= 4 is 70.1 Å². The smallest absolute Gasteiger partial charge is 0.344 e. The van der Waals surface area contributed by atoms with Crippen LogP contribution >= 0.6 is 0 Å². The number of sulfone groups is 1. The molecule has 0 radical (unpaired) electrons. The van der Waals surface area contributed by atoms with Crippen molar-refractivity contribution in [1.29, 1.82) is 0 Å². The van der Waals surface area contributed by atoms with Gasteiger partial charge in [0.15, 0.2) is 15.6 Å². The number of esters is 1. The van der Waals surface area contributed by atoms with Crippen LogP contribution in [0.1, 0.15) is 50.2 Å². The molecule has 0 aliphatic heterocycles. The lowest BCUT2D eigenvalue weighted by Crippen LogP contribution is -2.25. The summed E-state index contributed by atoms with van der Waals surface area (Å²) in [5.41, 5.74) is -1.90. The predicted molar refractivity (Wildman–Crippen MR) is 192 cm³/mol. The first kappa shape index (κ1) is 38.0. The number of pyridine rings is 1. The van der Waals surface area contributed by atoms with E-state index in [0.717, 1.165) is 29.8 Å². The molecule has 4 aromatic carbocycles. The summed E-state index contributed by atoms with van der Waals surface area (Å²) in [6.07, 6.45) is -0.996. The summed E-state index contributed by atoms with van der Waals surface area (Å²) in [6, 6.07) is 16.0. The molecule has 0 atom stereocenters. The fourth-order valence-electron chi connectivity index (χ4n) is 6.11. The number of carbonyl (C=O) groups is 3. The molecule has 0 saturated heterocycles. The molecule has 1 aromatic heterocycles. The number of nitrogens with one attached hydrogen (secondary N) is 2. The van der Waals surface area contributed by atoms with Crippen molar-refractivity contribution in [2.24, 2.45) is 0 Å². The van der Waals surface area contributed by atoms with Crippen LogP contribution in [0.5, 0.6) is 0 Å². The number of aromatic amines is 1. The van der Waals surface area contributed by atoms with Gasteiger partial charge in [-0.1, -0.05) is 54.1 Å². The average Bonchev–Trinajstić information content (AvgIpc) is 3.09. The highest BCUT2D eigenvalue weighted by atomic mass is 32.2. The number of benzene rings is 4. The summed E-state index contributed by atoms with van der Waals surface area (Å²) in [6.45, 7) is 1.60. The normalized spacial score (nSPS) is 12.7. The highest BCUT2D eigenvalue weighted by Crippen LogP contribution is 2.45. The number of aromatic nitrogens is 1. The number of rotatable bonds is 12. The van der Waals surface area contributed by atoms with Crippen LogP contribution in [0.3, 0.4) is 0 Å². The van der Waals surface area contributed by atoms with Gasteiger partial charge in [0.1, 0.15) is 22.0 Å². The Hall–Kier alpha value is -5.73. The number of anilines is 2. The van der Waals surface area contributed by atoms with E-state index in [2.05, 4.69) is 10.3 Å². The standard InChI is InChI=1S/C35H28N2O14S3/c1-18-8-10-19(11-9-18)17-51-35(42)31-28-21-5-2-3-6-22(21)33(40)29-23(16-26(54(48,49)50)32(30(28)29)37-34(31)41)36-20-12-13-24(53(45,46)47)25(15-20)52(43,44)14-4-7-27(38)39/h2-3,5-6,8-13,15-16,36H,4,7,14,17H2,1H3,(H,37,41)(H,38,39)(H,45,46,47)(H,48,49,50). The Balaban J connectivity index is 1.59. The van der Waals surface area contributed by atoms with Crippen molar-refractivity contribution in [2.45, 2.75) is 41.1 Å². The van der Waals surface area contributed by atoms with E-state index < -0.39 is 103 Å². The van der Waals surface area contributed by atoms with E-state index in [4.69, 9.17) is 9.84 Å². The molecule has 280 valence electrons. The third-order valence-electron chi connectivity index (χ3n) is 8.54. The van der Waals surface area contributed by atoms with E-state index in [-0.39, 0.29) is 39.9 Å². The molecule has 5 N–H and O–H groups in total. The van der Waals surface area contributed by atoms with E-state index >= 15 is 0 Å². The van der Waals surface area contributed by atoms with Gasteiger partial charge in [0.25, 0.3) is 25.8 Å². The first-order valence-electron chi connectivity index (χ1n) is 15.7. The van der Waals surface area contributed by atoms with Gasteiger partial charge >= 0.3 is 11.9 Å². The van der Waals surface area contributed by atoms with Crippen LogP contribution in [0.25, 0.3) is 22.0 Å². The summed E-state index contributed by atoms with van der Waals surface area (Å²) in [5, 5.41) is 11.3. The molecule has 16 nitrogen and oxygen atoms in total. The molecule has 0 unspecified atom stereocenters. The lowest BCUT2D eigenvalue weighted by molar-refractivity contribution is -0.137. The molecule has 19 heteroatoms. The number of ketones is 1. The maximum absolute atomic E-state index is 14.2. The minimum Gasteiger partial charge on any atom is -0.481 e. The highest BCUT2D eigenvalue weighted by molar-refractivity contribution is 7.92. The number of H-pyrrole nitrogens is 1. The molecule has 54 heavy (non-hydrogen) atoms. The largest absolute Gasteiger partial charge is 0.481 e. The van der Waals surface area contributed by atoms with Crippen molar-refractivity contribution in [1.82, 2.24) is 4.98 Å². The molecule has 5 aromatic rings. The van der Waals surface area contributed by atoms with Gasteiger partial charge in [-0.05, 0) is 48.7 Å². The van der Waals surface area contributed by atoms with Gasteiger partial charge in [-0.25, -0.2) is 13.2 Å². The number of hydrogen-bond donors (Lipinski definition) is 5. The number of carboxylic acid groups (broad SMARTS) is 1. The number of carboxylic acids is 1. The number of ether oxygens (including phenoxy) is 1. The first-order chi connectivity index (χ1) is 25.3. The fraction of sp³-hybridized carbons (Fsp3) is 0.143. The van der Waals surface area contributed by atoms with Gasteiger partial charge in [0.2, 0.25) is 0 Å². The zero-order valence-electron chi connectivity index (χ0n) is 27.8. The van der Waals surface area contributed by atoms with Crippen LogP contribution in [-0.2, 0) is 46.2 Å². The van der Waals surface area contributed by atoms with Gasteiger partial charge in [0.05, 0.1) is 27.4 Å². The third kappa shape index (κ3) is 7.26. The summed E-state index contributed by atoms with van der Waals surface area (Å²) in [5.74, 6) is -4.04. The molecular formula is C35H28N2O14S3. The second-order valence-corrected chi connectivity index (χ2v) is 17.1. The van der Waals surface area contributed by atoms with Gasteiger partial charge in [-0.2, -0.15) is 16.8 Å². The number of carbonyl (C=O) groups excluding carboxylic acids is 2. The van der Waals surface area contributed by atoms with Gasteiger partial charge in [-0.3, -0.25) is 23.5 Å². The average molecular weight is 797 g/mol. The Labute approximate surface area is 306 Å². The van der Waals surface area contributed by atoms with Crippen LogP contribution in [0, 0.1) is 6.92 Å². The number of fused-ring (bicyclic) bond motifs is 2. The molecule has 0 amide bonds. The van der Waals surface area contributed by atoms with Gasteiger partial charge in [0, 0.05) is 28.6 Å². The lowest BCUT2D eigenvalue weighted by Gasteiger charge is -2.25. The van der Waals surface area contributed by atoms with Gasteiger partial charge < -0.3 is 20.1 Å². The molecule has 0 saturated carbocycles. The molecule has 6 rings (SSSR count). The minimum absolute atomic E-state index is 0.0319. The summed E-state index contributed by atoms with van der Waals surface area (Å²) >= 11 is 0. The maximum atomic E-state index is 14.2. The molecule has 1 aliphatic carbocycles. The van der Waals surface area contributed by atoms with E-state index in [1.54, 1.807) is 24.3 Å². The van der Waals surface area contributed by atoms with Crippen molar-refractivity contribution in [3.8, 4) is 11.1 Å². The second kappa shape index (κ2) is 13.9. The SMILES string of the molecule is Cc1ccc(COC(=O)c2c3c4c(c(Nc5ccc(S(=O)(=O)O)c(S(=O)(=O)CCCC(=O)O)c5)cc(S(=O)(=O)O)c4[nH]c2=O)C(=O)c2ccccc2-3)cc1. The van der Waals surface area contributed by atoms with Crippen molar-refractivity contribution < 1.29 is 58.6 Å². The van der Waals surface area contributed by atoms with Crippen LogP contribution in [-0.4, -0.2) is 67.9 Å². The van der Waals surface area contributed by atoms with E-state index in [1.807, 2.05) is 6.92 Å². The molecule has 0 bridgehead atoms. The Morgan fingerprint density at radius 3 is 2.07 bits per heavy atom. The lowest BCUT2D eigenvalue weighted by atomic mass is 9.81. The number of aliphatic carboxylic acids is 1. The zero-order chi connectivity index (χ0) is 39.3. The fourth-order valence-corrected chi connectivity index (χ4v) is 9.46. The van der Waals surface area contributed by atoms with Crippen LogP contribution < -0.4 is 10.9 Å². The number of hydrogen-bond acceptors (Lipinski definition) is 12. The van der Waals surface area contributed by atoms with E-state index in [9.17, 15) is 53.5 Å². The Bertz CT molecular complexity index is 2830. The van der Waals surface area contributed by atoms with Gasteiger partial charge in [-0.15, -0.1) is 0 Å². The first-order valence-corrected chi connectivity index (χ1v) is 20.3. The van der Waals surface area contributed by atoms with E-state index in [0.29, 0.717) is 5.56 Å². The highest BCUT2D eigenvalue weighted by Gasteiger charge is 2.36. The van der Waals surface area contributed by atoms with Crippen molar-refractivity contribution in [2.75, 3.05) is 11.1 Å². The second-order valence-electron chi connectivity index (χ2n) is 12.2. The molecular weight excluding hydrogens is 769 g/mol. The summed E-state index contributed by atoms with van der Waals surface area (Å²) in [7, 11) is -15.0. The third-order valence-corrected chi connectivity index (χ3v) is 12.3. The van der Waals surface area contributed by atoms with Crippen LogP contribution in [0.2, 0.25) is 0 Å². The monoisotopic (exact) mass is 796 g/mol. The minimum atomic E-state index is -5.22. The molecule has 1 aliphatic rings. The Kier molecular flexibility index (Phi) is 9.80. The topological polar surface area (TPSA) is 268 Å². The summed E-state index contributed by atoms with van der Waals surface area (Å²) < 4.78 is 102. The Morgan fingerprint density at radius 2 is 1.44 bits per heavy atom.